The van der Waals surface area contributed by atoms with Gasteiger partial charge in [-0.15, -0.1) is 0 Å². The minimum Gasteiger partial charge on any atom is -0.457 e. The SMILES string of the molecule is CCCCC(O)C#Cc1ccc(Oc2ccccc2)cc1. The van der Waals surface area contributed by atoms with E-state index in [2.05, 4.69) is 18.8 Å². The van der Waals surface area contributed by atoms with Gasteiger partial charge in [0, 0.05) is 5.56 Å². The molecule has 2 rings (SSSR count). The first kappa shape index (κ1) is 15.2. The van der Waals surface area contributed by atoms with E-state index in [-0.39, 0.29) is 0 Å². The van der Waals surface area contributed by atoms with E-state index in [1.165, 1.54) is 0 Å². The van der Waals surface area contributed by atoms with Crippen molar-refractivity contribution in [3.63, 3.8) is 0 Å². The van der Waals surface area contributed by atoms with Crippen LogP contribution in [0.5, 0.6) is 11.5 Å². The lowest BCUT2D eigenvalue weighted by Gasteiger charge is -2.05. The Labute approximate surface area is 126 Å². The Hall–Kier alpha value is -2.24. The van der Waals surface area contributed by atoms with Crippen molar-refractivity contribution in [3.05, 3.63) is 60.2 Å². The summed E-state index contributed by atoms with van der Waals surface area (Å²) in [6.07, 6.45) is 2.27. The molecule has 0 amide bonds. The average molecular weight is 280 g/mol. The third-order valence-electron chi connectivity index (χ3n) is 3.05. The topological polar surface area (TPSA) is 29.5 Å². The van der Waals surface area contributed by atoms with Crippen molar-refractivity contribution in [2.24, 2.45) is 0 Å². The Morgan fingerprint density at radius 3 is 2.33 bits per heavy atom. The number of aliphatic hydroxyl groups is 1. The molecular formula is C19H20O2. The van der Waals surface area contributed by atoms with Crippen LogP contribution < -0.4 is 4.74 Å². The normalized spacial score (nSPS) is 11.3. The van der Waals surface area contributed by atoms with Gasteiger partial charge in [0.05, 0.1) is 0 Å². The van der Waals surface area contributed by atoms with Crippen LogP contribution in [0, 0.1) is 11.8 Å². The number of ether oxygens (including phenoxy) is 1. The summed E-state index contributed by atoms with van der Waals surface area (Å²) in [5.74, 6) is 7.44. The van der Waals surface area contributed by atoms with E-state index in [1.54, 1.807) is 0 Å². The molecule has 0 fully saturated rings. The molecule has 2 aromatic rings. The predicted octanol–water partition coefficient (Wildman–Crippen LogP) is 4.38. The van der Waals surface area contributed by atoms with Crippen molar-refractivity contribution in [2.75, 3.05) is 0 Å². The average Bonchev–Trinajstić information content (AvgIpc) is 2.53. The number of hydrogen-bond donors (Lipinski definition) is 1. The summed E-state index contributed by atoms with van der Waals surface area (Å²) in [4.78, 5) is 0. The zero-order valence-electron chi connectivity index (χ0n) is 12.3. The number of benzene rings is 2. The quantitative estimate of drug-likeness (QED) is 0.823. The number of rotatable bonds is 5. The fraction of sp³-hybridized carbons (Fsp3) is 0.263. The lowest BCUT2D eigenvalue weighted by Crippen LogP contribution is -2.01. The monoisotopic (exact) mass is 280 g/mol. The number of para-hydroxylation sites is 1. The summed E-state index contributed by atoms with van der Waals surface area (Å²) in [7, 11) is 0. The molecule has 0 saturated heterocycles. The number of hydrogen-bond acceptors (Lipinski definition) is 2. The van der Waals surface area contributed by atoms with Gasteiger partial charge >= 0.3 is 0 Å². The van der Waals surface area contributed by atoms with Crippen LogP contribution in [-0.2, 0) is 0 Å². The summed E-state index contributed by atoms with van der Waals surface area (Å²) in [5.41, 5.74) is 0.881. The van der Waals surface area contributed by atoms with E-state index in [0.717, 1.165) is 36.3 Å². The van der Waals surface area contributed by atoms with Gasteiger partial charge in [-0.25, -0.2) is 0 Å². The lowest BCUT2D eigenvalue weighted by molar-refractivity contribution is 0.218. The van der Waals surface area contributed by atoms with Gasteiger partial charge in [0.25, 0.3) is 0 Å². The van der Waals surface area contributed by atoms with E-state index < -0.39 is 6.10 Å². The number of unbranched alkanes of at least 4 members (excludes halogenated alkanes) is 1. The molecule has 0 radical (unpaired) electrons. The molecule has 0 aliphatic carbocycles. The molecule has 1 unspecified atom stereocenters. The van der Waals surface area contributed by atoms with Gasteiger partial charge in [-0.3, -0.25) is 0 Å². The largest absolute Gasteiger partial charge is 0.457 e. The second-order valence-corrected chi connectivity index (χ2v) is 4.87. The minimum absolute atomic E-state index is 0.537. The van der Waals surface area contributed by atoms with Crippen LogP contribution in [-0.4, -0.2) is 11.2 Å². The van der Waals surface area contributed by atoms with Crippen molar-refractivity contribution >= 4 is 0 Å². The first-order valence-electron chi connectivity index (χ1n) is 7.30. The molecule has 0 aliphatic heterocycles. The molecule has 0 bridgehead atoms. The maximum absolute atomic E-state index is 9.69. The molecule has 108 valence electrons. The highest BCUT2D eigenvalue weighted by Crippen LogP contribution is 2.20. The van der Waals surface area contributed by atoms with Crippen molar-refractivity contribution in [2.45, 2.75) is 32.3 Å². The summed E-state index contributed by atoms with van der Waals surface area (Å²) in [6, 6.07) is 17.2. The molecular weight excluding hydrogens is 260 g/mol. The first-order chi connectivity index (χ1) is 10.3. The van der Waals surface area contributed by atoms with Gasteiger partial charge in [-0.1, -0.05) is 49.8 Å². The Balaban J connectivity index is 1.95. The predicted molar refractivity (Wildman–Crippen MR) is 85.4 cm³/mol. The Bertz CT molecular complexity index is 591. The fourth-order valence-corrected chi connectivity index (χ4v) is 1.87. The summed E-state index contributed by atoms with van der Waals surface area (Å²) < 4.78 is 5.71. The lowest BCUT2D eigenvalue weighted by atomic mass is 10.1. The third kappa shape index (κ3) is 5.33. The van der Waals surface area contributed by atoms with Gasteiger partial charge in [0.15, 0.2) is 0 Å². The second kappa shape index (κ2) is 8.14. The Kier molecular flexibility index (Phi) is 5.87. The highest BCUT2D eigenvalue weighted by atomic mass is 16.5. The summed E-state index contributed by atoms with van der Waals surface area (Å²) in [6.45, 7) is 2.10. The highest BCUT2D eigenvalue weighted by molar-refractivity contribution is 5.40. The molecule has 0 spiro atoms. The Morgan fingerprint density at radius 1 is 1.00 bits per heavy atom. The highest BCUT2D eigenvalue weighted by Gasteiger charge is 1.98. The molecule has 1 atom stereocenters. The van der Waals surface area contributed by atoms with Crippen LogP contribution in [0.25, 0.3) is 0 Å². The minimum atomic E-state index is -0.537. The molecule has 21 heavy (non-hydrogen) atoms. The molecule has 2 nitrogen and oxygen atoms in total. The zero-order chi connectivity index (χ0) is 14.9. The molecule has 1 N–H and O–H groups in total. The van der Waals surface area contributed by atoms with E-state index in [9.17, 15) is 5.11 Å². The van der Waals surface area contributed by atoms with Crippen molar-refractivity contribution < 1.29 is 9.84 Å². The molecule has 2 aromatic carbocycles. The second-order valence-electron chi connectivity index (χ2n) is 4.87. The van der Waals surface area contributed by atoms with Crippen LogP contribution in [0.3, 0.4) is 0 Å². The van der Waals surface area contributed by atoms with Gasteiger partial charge in [-0.2, -0.15) is 0 Å². The summed E-state index contributed by atoms with van der Waals surface area (Å²) in [5, 5.41) is 9.69. The maximum atomic E-state index is 9.69. The van der Waals surface area contributed by atoms with Crippen LogP contribution in [0.4, 0.5) is 0 Å². The van der Waals surface area contributed by atoms with Crippen LogP contribution in [0.2, 0.25) is 0 Å². The molecule has 0 aliphatic rings. The first-order valence-corrected chi connectivity index (χ1v) is 7.30. The fourth-order valence-electron chi connectivity index (χ4n) is 1.87. The van der Waals surface area contributed by atoms with Crippen LogP contribution >= 0.6 is 0 Å². The molecule has 2 heteroatoms. The number of aliphatic hydroxyl groups excluding tert-OH is 1. The van der Waals surface area contributed by atoms with Crippen molar-refractivity contribution in [1.29, 1.82) is 0 Å². The zero-order valence-corrected chi connectivity index (χ0v) is 12.3. The maximum Gasteiger partial charge on any atom is 0.127 e. The standard InChI is InChI=1S/C19H20O2/c1-2-3-7-17(20)13-10-16-11-14-19(15-12-16)21-18-8-5-4-6-9-18/h4-6,8-9,11-12,14-15,17,20H,2-3,7H2,1H3. The van der Waals surface area contributed by atoms with Crippen LogP contribution in [0.1, 0.15) is 31.7 Å². The molecule has 0 aromatic heterocycles. The van der Waals surface area contributed by atoms with Crippen molar-refractivity contribution in [1.82, 2.24) is 0 Å². The van der Waals surface area contributed by atoms with E-state index in [4.69, 9.17) is 4.74 Å². The van der Waals surface area contributed by atoms with Crippen LogP contribution in [0.15, 0.2) is 54.6 Å². The van der Waals surface area contributed by atoms with E-state index >= 15 is 0 Å². The van der Waals surface area contributed by atoms with Gasteiger partial charge < -0.3 is 9.84 Å². The van der Waals surface area contributed by atoms with E-state index in [1.807, 2.05) is 54.6 Å². The molecule has 0 saturated carbocycles. The smallest absolute Gasteiger partial charge is 0.127 e. The van der Waals surface area contributed by atoms with E-state index in [0.29, 0.717) is 0 Å². The molecule has 0 heterocycles. The summed E-state index contributed by atoms with van der Waals surface area (Å²) >= 11 is 0. The van der Waals surface area contributed by atoms with Gasteiger partial charge in [0.1, 0.15) is 17.6 Å². The Morgan fingerprint density at radius 2 is 1.67 bits per heavy atom. The van der Waals surface area contributed by atoms with Crippen molar-refractivity contribution in [3.8, 4) is 23.3 Å². The third-order valence-corrected chi connectivity index (χ3v) is 3.05. The van der Waals surface area contributed by atoms with Gasteiger partial charge in [0.2, 0.25) is 0 Å². The van der Waals surface area contributed by atoms with Gasteiger partial charge in [-0.05, 0) is 42.8 Å².